The van der Waals surface area contributed by atoms with Gasteiger partial charge in [0.1, 0.15) is 11.5 Å². The summed E-state index contributed by atoms with van der Waals surface area (Å²) in [6.45, 7) is 7.17. The summed E-state index contributed by atoms with van der Waals surface area (Å²) in [5.41, 5.74) is 8.57. The molecule has 2 aliphatic heterocycles. The molecule has 0 spiro atoms. The molecule has 2 fully saturated rings. The van der Waals surface area contributed by atoms with Gasteiger partial charge in [-0.15, -0.1) is 0 Å². The van der Waals surface area contributed by atoms with E-state index in [-0.39, 0.29) is 29.5 Å². The number of carbonyl (C=O) groups is 2. The van der Waals surface area contributed by atoms with Gasteiger partial charge in [0.15, 0.2) is 0 Å². The van der Waals surface area contributed by atoms with Crippen molar-refractivity contribution in [3.05, 3.63) is 105 Å². The quantitative estimate of drug-likeness (QED) is 0.112. The molecule has 0 radical (unpaired) electrons. The topological polar surface area (TPSA) is 142 Å². The number of aromatic nitrogens is 3. The van der Waals surface area contributed by atoms with Crippen LogP contribution in [-0.4, -0.2) is 57.9 Å². The van der Waals surface area contributed by atoms with Gasteiger partial charge in [-0.05, 0) is 67.1 Å². The van der Waals surface area contributed by atoms with Crippen LogP contribution in [0.25, 0.3) is 39.2 Å². The summed E-state index contributed by atoms with van der Waals surface area (Å²) in [6.07, 6.45) is 6.19. The first-order chi connectivity index (χ1) is 25.3. The number of carbonyl (C=O) groups excluding carboxylic acids is 2. The number of hydrogen-bond acceptors (Lipinski definition) is 8. The Bertz CT molecular complexity index is 2200. The van der Waals surface area contributed by atoms with Crippen LogP contribution in [0, 0.1) is 6.92 Å². The van der Waals surface area contributed by atoms with E-state index in [4.69, 9.17) is 16.6 Å². The van der Waals surface area contributed by atoms with Crippen LogP contribution in [0.4, 0.5) is 5.82 Å². The van der Waals surface area contributed by atoms with E-state index in [2.05, 4.69) is 56.7 Å². The van der Waals surface area contributed by atoms with Crippen LogP contribution in [0.15, 0.2) is 77.9 Å². The first-order valence-electron chi connectivity index (χ1n) is 17.9. The first kappa shape index (κ1) is 35.3. The van der Waals surface area contributed by atoms with Crippen molar-refractivity contribution in [2.45, 2.75) is 64.7 Å². The van der Waals surface area contributed by atoms with E-state index in [1.807, 2.05) is 49.4 Å². The molecule has 5 aromatic rings. The molecule has 0 saturated carbocycles. The van der Waals surface area contributed by atoms with Gasteiger partial charge in [-0.3, -0.25) is 18.8 Å². The summed E-state index contributed by atoms with van der Waals surface area (Å²) in [5.74, 6) is 0.987. The average Bonchev–Trinajstić information content (AvgIpc) is 3.77. The van der Waals surface area contributed by atoms with E-state index in [1.54, 1.807) is 16.8 Å². The van der Waals surface area contributed by atoms with Gasteiger partial charge < -0.3 is 26.6 Å². The largest absolute Gasteiger partial charge is 0.370 e. The lowest BCUT2D eigenvalue weighted by atomic mass is 9.92. The smallest absolute Gasteiger partial charge is 0.262 e. The Morgan fingerprint density at radius 1 is 0.827 bits per heavy atom. The highest BCUT2D eigenvalue weighted by molar-refractivity contribution is 6.36. The molecule has 0 aliphatic carbocycles. The maximum absolute atomic E-state index is 13.3. The highest BCUT2D eigenvalue weighted by Gasteiger charge is 2.22. The zero-order chi connectivity index (χ0) is 36.2. The Labute approximate surface area is 307 Å². The minimum atomic E-state index is -0.122. The standard InChI is InChI=1S/C40H43ClN8O3/c1-3-44-39-26(19-42-22-28-11-14-36(50)46-28)10-13-34(48-39)33-9-5-8-32(38(33)41)31-7-4-6-30(24(31)2)25-16-17-49-35(18-25)45-21-27(40(49)52)20-43-23-29-12-15-37(51)47-29/h4-10,13,16-18,21,28-29,42-43H,3,11-12,14-15,19-20,22-23H2,1-2H3,(H,44,48)(H,46,50)(H,47,51)/t28-,29+/m1/s1. The lowest BCUT2D eigenvalue weighted by Gasteiger charge is -2.17. The number of fused-ring (bicyclic) bond motifs is 1. The minimum Gasteiger partial charge on any atom is -0.370 e. The second-order valence-corrected chi connectivity index (χ2v) is 13.9. The van der Waals surface area contributed by atoms with Gasteiger partial charge in [-0.1, -0.05) is 54.1 Å². The summed E-state index contributed by atoms with van der Waals surface area (Å²) in [4.78, 5) is 46.0. The van der Waals surface area contributed by atoms with Crippen LogP contribution < -0.4 is 32.1 Å². The molecule has 268 valence electrons. The van der Waals surface area contributed by atoms with Gasteiger partial charge in [-0.2, -0.15) is 0 Å². The normalized spacial score (nSPS) is 17.1. The Morgan fingerprint density at radius 2 is 1.48 bits per heavy atom. The van der Waals surface area contributed by atoms with E-state index in [1.165, 1.54) is 0 Å². The monoisotopic (exact) mass is 718 g/mol. The Morgan fingerprint density at radius 3 is 2.15 bits per heavy atom. The number of nitrogens with zero attached hydrogens (tertiary/aromatic N) is 3. The van der Waals surface area contributed by atoms with Gasteiger partial charge in [0.05, 0.1) is 10.7 Å². The summed E-state index contributed by atoms with van der Waals surface area (Å²) in [7, 11) is 0. The molecule has 0 bridgehead atoms. The SMILES string of the molecule is CCNc1nc(-c2cccc(-c3cccc(-c4ccn5c(=O)c(CNC[C@@H]6CCC(=O)N6)cnc5c4)c3C)c2Cl)ccc1CNC[C@H]1CCC(=O)N1. The fraction of sp³-hybridized carbons (Fsp3) is 0.325. The van der Waals surface area contributed by atoms with Gasteiger partial charge in [0.2, 0.25) is 11.8 Å². The number of nitrogens with one attached hydrogen (secondary N) is 5. The lowest BCUT2D eigenvalue weighted by molar-refractivity contribution is -0.120. The molecule has 3 aromatic heterocycles. The number of anilines is 1. The van der Waals surface area contributed by atoms with Crippen LogP contribution in [-0.2, 0) is 22.7 Å². The van der Waals surface area contributed by atoms with Crippen molar-refractivity contribution in [3.63, 3.8) is 0 Å². The highest BCUT2D eigenvalue weighted by Crippen LogP contribution is 2.40. The van der Waals surface area contributed by atoms with Crippen molar-refractivity contribution in [1.82, 2.24) is 35.6 Å². The lowest BCUT2D eigenvalue weighted by Crippen LogP contribution is -2.36. The second kappa shape index (κ2) is 15.6. The zero-order valence-corrected chi connectivity index (χ0v) is 30.1. The molecule has 11 nitrogen and oxygen atoms in total. The summed E-state index contributed by atoms with van der Waals surface area (Å²) in [5, 5.41) is 16.7. The van der Waals surface area contributed by atoms with E-state index in [0.717, 1.165) is 69.8 Å². The molecule has 0 unspecified atom stereocenters. The molecule has 5 N–H and O–H groups in total. The summed E-state index contributed by atoms with van der Waals surface area (Å²) >= 11 is 7.20. The third kappa shape index (κ3) is 7.57. The molecular formula is C40H43ClN8O3. The summed E-state index contributed by atoms with van der Waals surface area (Å²) in [6, 6.07) is 20.4. The summed E-state index contributed by atoms with van der Waals surface area (Å²) < 4.78 is 1.57. The van der Waals surface area contributed by atoms with Crippen molar-refractivity contribution < 1.29 is 9.59 Å². The van der Waals surface area contributed by atoms with E-state index < -0.39 is 0 Å². The molecule has 5 heterocycles. The number of rotatable bonds is 13. The molecular weight excluding hydrogens is 676 g/mol. The van der Waals surface area contributed by atoms with Crippen LogP contribution >= 0.6 is 11.6 Å². The third-order valence-electron chi connectivity index (χ3n) is 9.90. The van der Waals surface area contributed by atoms with Crippen molar-refractivity contribution in [2.24, 2.45) is 0 Å². The highest BCUT2D eigenvalue weighted by atomic mass is 35.5. The zero-order valence-electron chi connectivity index (χ0n) is 29.4. The third-order valence-corrected chi connectivity index (χ3v) is 10.3. The van der Waals surface area contributed by atoms with E-state index in [9.17, 15) is 14.4 Å². The molecule has 2 aliphatic rings. The average molecular weight is 719 g/mol. The molecule has 2 atom stereocenters. The molecule has 12 heteroatoms. The van der Waals surface area contributed by atoms with Gasteiger partial charge in [0, 0.05) is 92.3 Å². The van der Waals surface area contributed by atoms with Crippen molar-refractivity contribution in [3.8, 4) is 33.5 Å². The molecule has 7 rings (SSSR count). The van der Waals surface area contributed by atoms with Crippen LogP contribution in [0.1, 0.15) is 49.3 Å². The van der Waals surface area contributed by atoms with Crippen LogP contribution in [0.2, 0.25) is 5.02 Å². The van der Waals surface area contributed by atoms with Gasteiger partial charge in [0.25, 0.3) is 5.56 Å². The maximum Gasteiger partial charge on any atom is 0.262 e. The number of pyridine rings is 2. The van der Waals surface area contributed by atoms with Crippen molar-refractivity contribution in [2.75, 3.05) is 25.0 Å². The van der Waals surface area contributed by atoms with Gasteiger partial charge in [-0.25, -0.2) is 9.97 Å². The molecule has 2 amide bonds. The Hall–Kier alpha value is -5.10. The fourth-order valence-corrected chi connectivity index (χ4v) is 7.43. The number of hydrogen-bond donors (Lipinski definition) is 5. The van der Waals surface area contributed by atoms with Crippen LogP contribution in [0.5, 0.6) is 0 Å². The predicted octanol–water partition coefficient (Wildman–Crippen LogP) is 5.22. The van der Waals surface area contributed by atoms with Crippen LogP contribution in [0.3, 0.4) is 0 Å². The molecule has 2 aromatic carbocycles. The Kier molecular flexibility index (Phi) is 10.6. The predicted molar refractivity (Wildman–Crippen MR) is 205 cm³/mol. The van der Waals surface area contributed by atoms with Crippen molar-refractivity contribution in [1.29, 1.82) is 0 Å². The molecule has 52 heavy (non-hydrogen) atoms. The minimum absolute atomic E-state index is 0.0725. The number of halogens is 1. The van der Waals surface area contributed by atoms with E-state index >= 15 is 0 Å². The van der Waals surface area contributed by atoms with Gasteiger partial charge >= 0.3 is 0 Å². The number of amides is 2. The first-order valence-corrected chi connectivity index (χ1v) is 18.3. The fourth-order valence-electron chi connectivity index (χ4n) is 7.10. The van der Waals surface area contributed by atoms with Crippen molar-refractivity contribution >= 4 is 34.9 Å². The number of benzene rings is 2. The second-order valence-electron chi connectivity index (χ2n) is 13.5. The Balaban J connectivity index is 1.11. The van der Waals surface area contributed by atoms with E-state index in [0.29, 0.717) is 55.3 Å². The molecule has 2 saturated heterocycles. The maximum atomic E-state index is 13.3.